The molecule has 20 heavy (non-hydrogen) atoms. The van der Waals surface area contributed by atoms with Gasteiger partial charge in [-0.2, -0.15) is 0 Å². The van der Waals surface area contributed by atoms with E-state index in [9.17, 15) is 0 Å². The fourth-order valence-corrected chi connectivity index (χ4v) is 2.56. The van der Waals surface area contributed by atoms with Crippen LogP contribution in [0.15, 0.2) is 23.2 Å². The first kappa shape index (κ1) is 17.9. The van der Waals surface area contributed by atoms with Crippen molar-refractivity contribution in [1.29, 1.82) is 0 Å². The Hall–Kier alpha value is -0.200. The molecule has 2 rings (SSSR count). The van der Waals surface area contributed by atoms with Gasteiger partial charge in [0.1, 0.15) is 0 Å². The third-order valence-corrected chi connectivity index (χ3v) is 4.09. The molecule has 1 aliphatic carbocycles. The van der Waals surface area contributed by atoms with Crippen molar-refractivity contribution in [3.8, 4) is 0 Å². The fraction of sp³-hybridized carbons (Fsp3) is 0.500. The normalized spacial score (nSPS) is 21.1. The number of hydrogen-bond donors (Lipinski definition) is 2. The van der Waals surface area contributed by atoms with Crippen LogP contribution in [0.1, 0.15) is 18.9 Å². The first-order valence-electron chi connectivity index (χ1n) is 6.52. The molecular weight excluding hydrogens is 408 g/mol. The van der Waals surface area contributed by atoms with E-state index in [1.807, 2.05) is 18.2 Å². The lowest BCUT2D eigenvalue weighted by atomic mass is 10.1. The molecule has 1 fully saturated rings. The van der Waals surface area contributed by atoms with E-state index in [1.165, 1.54) is 6.42 Å². The van der Waals surface area contributed by atoms with Crippen molar-refractivity contribution in [2.45, 2.75) is 25.8 Å². The Labute approximate surface area is 147 Å². The molecule has 1 aliphatic rings. The van der Waals surface area contributed by atoms with Gasteiger partial charge in [-0.25, -0.2) is 0 Å². The van der Waals surface area contributed by atoms with Gasteiger partial charge >= 0.3 is 0 Å². The second-order valence-electron chi connectivity index (χ2n) is 4.91. The predicted octanol–water partition coefficient (Wildman–Crippen LogP) is 3.73. The van der Waals surface area contributed by atoms with Gasteiger partial charge in [0.2, 0.25) is 0 Å². The summed E-state index contributed by atoms with van der Waals surface area (Å²) >= 11 is 12.3. The molecule has 0 bridgehead atoms. The summed E-state index contributed by atoms with van der Waals surface area (Å²) in [4.78, 5) is 4.21. The van der Waals surface area contributed by atoms with E-state index in [4.69, 9.17) is 23.2 Å². The van der Waals surface area contributed by atoms with Crippen molar-refractivity contribution in [1.82, 2.24) is 10.6 Å². The first-order chi connectivity index (χ1) is 9.11. The summed E-state index contributed by atoms with van der Waals surface area (Å²) in [6.07, 6.45) is 2.00. The quantitative estimate of drug-likeness (QED) is 0.436. The van der Waals surface area contributed by atoms with Gasteiger partial charge in [0, 0.05) is 29.7 Å². The zero-order valence-electron chi connectivity index (χ0n) is 11.6. The number of aliphatic imine (C=N–C) groups is 1. The van der Waals surface area contributed by atoms with Gasteiger partial charge in [0.15, 0.2) is 5.96 Å². The molecule has 1 aromatic carbocycles. The molecule has 1 saturated carbocycles. The third kappa shape index (κ3) is 4.97. The summed E-state index contributed by atoms with van der Waals surface area (Å²) in [7, 11) is 1.78. The first-order valence-corrected chi connectivity index (χ1v) is 7.27. The Morgan fingerprint density at radius 2 is 1.95 bits per heavy atom. The SMILES string of the molecule is CN=C(NCCc1c(Cl)cccc1Cl)NC1CC1C.I. The van der Waals surface area contributed by atoms with Crippen molar-refractivity contribution in [3.63, 3.8) is 0 Å². The molecule has 112 valence electrons. The number of rotatable bonds is 4. The Kier molecular flexibility index (Phi) is 7.40. The van der Waals surface area contributed by atoms with Crippen molar-refractivity contribution in [2.24, 2.45) is 10.9 Å². The minimum atomic E-state index is 0. The molecule has 3 nitrogen and oxygen atoms in total. The molecule has 0 radical (unpaired) electrons. The fourth-order valence-electron chi connectivity index (χ4n) is 1.97. The summed E-state index contributed by atoms with van der Waals surface area (Å²) in [5.41, 5.74) is 0.980. The number of nitrogens with zero attached hydrogens (tertiary/aromatic N) is 1. The van der Waals surface area contributed by atoms with Crippen molar-refractivity contribution in [3.05, 3.63) is 33.8 Å². The van der Waals surface area contributed by atoms with Gasteiger partial charge in [0.25, 0.3) is 0 Å². The highest BCUT2D eigenvalue weighted by molar-refractivity contribution is 14.0. The van der Waals surface area contributed by atoms with Crippen LogP contribution in [0, 0.1) is 5.92 Å². The standard InChI is InChI=1S/C14H19Cl2N3.HI/c1-9-8-13(9)19-14(17-2)18-7-6-10-11(15)4-3-5-12(10)16;/h3-5,9,13H,6-8H2,1-2H3,(H2,17,18,19);1H. The Balaban J connectivity index is 0.00000200. The van der Waals surface area contributed by atoms with E-state index in [0.717, 1.165) is 30.4 Å². The minimum absolute atomic E-state index is 0. The maximum atomic E-state index is 6.13. The van der Waals surface area contributed by atoms with Crippen LogP contribution in [-0.2, 0) is 6.42 Å². The average Bonchev–Trinajstić information content (AvgIpc) is 3.07. The van der Waals surface area contributed by atoms with Crippen LogP contribution >= 0.6 is 47.2 Å². The van der Waals surface area contributed by atoms with Crippen LogP contribution in [0.3, 0.4) is 0 Å². The molecule has 6 heteroatoms. The van der Waals surface area contributed by atoms with Crippen molar-refractivity contribution >= 4 is 53.1 Å². The maximum absolute atomic E-state index is 6.13. The monoisotopic (exact) mass is 427 g/mol. The molecule has 0 aliphatic heterocycles. The van der Waals surface area contributed by atoms with E-state index < -0.39 is 0 Å². The lowest BCUT2D eigenvalue weighted by Crippen LogP contribution is -2.39. The lowest BCUT2D eigenvalue weighted by Gasteiger charge is -2.12. The maximum Gasteiger partial charge on any atom is 0.191 e. The number of benzene rings is 1. The molecule has 0 heterocycles. The third-order valence-electron chi connectivity index (χ3n) is 3.38. The summed E-state index contributed by atoms with van der Waals surface area (Å²) < 4.78 is 0. The van der Waals surface area contributed by atoms with Gasteiger partial charge < -0.3 is 10.6 Å². The Morgan fingerprint density at radius 3 is 2.45 bits per heavy atom. The number of hydrogen-bond acceptors (Lipinski definition) is 1. The highest BCUT2D eigenvalue weighted by Gasteiger charge is 2.33. The van der Waals surface area contributed by atoms with E-state index >= 15 is 0 Å². The molecular formula is C14H20Cl2IN3. The van der Waals surface area contributed by atoms with Gasteiger partial charge in [-0.05, 0) is 36.5 Å². The Bertz CT molecular complexity index is 459. The second-order valence-corrected chi connectivity index (χ2v) is 5.73. The number of guanidine groups is 1. The summed E-state index contributed by atoms with van der Waals surface area (Å²) in [5, 5.41) is 8.10. The van der Waals surface area contributed by atoms with Crippen LogP contribution < -0.4 is 10.6 Å². The molecule has 0 spiro atoms. The highest BCUT2D eigenvalue weighted by atomic mass is 127. The van der Waals surface area contributed by atoms with Crippen LogP contribution in [0.4, 0.5) is 0 Å². The summed E-state index contributed by atoms with van der Waals surface area (Å²) in [5.74, 6) is 1.59. The predicted molar refractivity (Wildman–Crippen MR) is 97.6 cm³/mol. The molecule has 2 N–H and O–H groups in total. The minimum Gasteiger partial charge on any atom is -0.356 e. The average molecular weight is 428 g/mol. The summed E-state index contributed by atoms with van der Waals surface area (Å²) in [6.45, 7) is 2.98. The highest BCUT2D eigenvalue weighted by Crippen LogP contribution is 2.28. The summed E-state index contributed by atoms with van der Waals surface area (Å²) in [6, 6.07) is 6.15. The van der Waals surface area contributed by atoms with Crippen LogP contribution in [0.5, 0.6) is 0 Å². The van der Waals surface area contributed by atoms with Crippen molar-refractivity contribution in [2.75, 3.05) is 13.6 Å². The van der Waals surface area contributed by atoms with E-state index in [1.54, 1.807) is 7.05 Å². The van der Waals surface area contributed by atoms with E-state index in [2.05, 4.69) is 22.5 Å². The van der Waals surface area contributed by atoms with Gasteiger partial charge in [-0.15, -0.1) is 24.0 Å². The number of nitrogens with one attached hydrogen (secondary N) is 2. The molecule has 1 aromatic rings. The zero-order chi connectivity index (χ0) is 13.8. The topological polar surface area (TPSA) is 36.4 Å². The van der Waals surface area contributed by atoms with Crippen LogP contribution in [-0.4, -0.2) is 25.6 Å². The molecule has 0 saturated heterocycles. The number of halogens is 3. The van der Waals surface area contributed by atoms with Gasteiger partial charge in [0.05, 0.1) is 0 Å². The molecule has 0 aromatic heterocycles. The zero-order valence-corrected chi connectivity index (χ0v) is 15.5. The van der Waals surface area contributed by atoms with Gasteiger partial charge in [-0.1, -0.05) is 36.2 Å². The van der Waals surface area contributed by atoms with Gasteiger partial charge in [-0.3, -0.25) is 4.99 Å². The second kappa shape index (κ2) is 8.29. The molecule has 0 amide bonds. The lowest BCUT2D eigenvalue weighted by molar-refractivity contribution is 0.758. The van der Waals surface area contributed by atoms with Crippen LogP contribution in [0.25, 0.3) is 0 Å². The van der Waals surface area contributed by atoms with Crippen LogP contribution in [0.2, 0.25) is 10.0 Å². The largest absolute Gasteiger partial charge is 0.356 e. The van der Waals surface area contributed by atoms with Crippen molar-refractivity contribution < 1.29 is 0 Å². The molecule has 2 unspecified atom stereocenters. The smallest absolute Gasteiger partial charge is 0.191 e. The van der Waals surface area contributed by atoms with E-state index in [0.29, 0.717) is 16.1 Å². The Morgan fingerprint density at radius 1 is 1.35 bits per heavy atom. The van der Waals surface area contributed by atoms with E-state index in [-0.39, 0.29) is 24.0 Å². The molecule has 2 atom stereocenters.